The van der Waals surface area contributed by atoms with E-state index >= 15 is 0 Å². The molecular formula is C25H22N2O6S. The topological polar surface area (TPSA) is 104 Å². The first-order valence-electron chi connectivity index (χ1n) is 10.3. The summed E-state index contributed by atoms with van der Waals surface area (Å²) in [5, 5.41) is 2.90. The number of methoxy groups -OCH3 is 2. The number of carbonyl (C=O) groups is 1. The van der Waals surface area contributed by atoms with E-state index in [4.69, 9.17) is 9.47 Å². The monoisotopic (exact) mass is 478 g/mol. The molecule has 0 atom stereocenters. The van der Waals surface area contributed by atoms with Crippen LogP contribution in [0.3, 0.4) is 0 Å². The summed E-state index contributed by atoms with van der Waals surface area (Å²) in [6.07, 6.45) is 1.22. The van der Waals surface area contributed by atoms with Crippen LogP contribution in [0.25, 0.3) is 10.9 Å². The van der Waals surface area contributed by atoms with Crippen LogP contribution in [0.4, 0.5) is 5.69 Å². The molecule has 0 saturated carbocycles. The number of ether oxygens (including phenoxy) is 2. The number of nitrogens with one attached hydrogen (secondary N) is 1. The van der Waals surface area contributed by atoms with Crippen molar-refractivity contribution < 1.29 is 22.7 Å². The molecule has 1 aromatic heterocycles. The maximum absolute atomic E-state index is 13.3. The van der Waals surface area contributed by atoms with Crippen LogP contribution in [0.5, 0.6) is 11.5 Å². The van der Waals surface area contributed by atoms with E-state index in [-0.39, 0.29) is 16.8 Å². The van der Waals surface area contributed by atoms with Crippen LogP contribution in [0.15, 0.2) is 93.6 Å². The third-order valence-electron chi connectivity index (χ3n) is 5.29. The van der Waals surface area contributed by atoms with Gasteiger partial charge in [0.25, 0.3) is 0 Å². The quantitative estimate of drug-likeness (QED) is 0.436. The van der Waals surface area contributed by atoms with Crippen LogP contribution in [0, 0.1) is 0 Å². The molecule has 4 aromatic rings. The molecule has 4 rings (SSSR count). The van der Waals surface area contributed by atoms with Crippen LogP contribution in [0.2, 0.25) is 0 Å². The summed E-state index contributed by atoms with van der Waals surface area (Å²) in [7, 11) is -1.13. The van der Waals surface area contributed by atoms with E-state index in [0.717, 1.165) is 0 Å². The lowest BCUT2D eigenvalue weighted by molar-refractivity contribution is -0.116. The van der Waals surface area contributed by atoms with E-state index in [1.807, 2.05) is 0 Å². The summed E-state index contributed by atoms with van der Waals surface area (Å²) >= 11 is 0. The molecule has 9 heteroatoms. The second-order valence-corrected chi connectivity index (χ2v) is 9.34. The van der Waals surface area contributed by atoms with Crippen LogP contribution < -0.4 is 20.2 Å². The van der Waals surface area contributed by atoms with Gasteiger partial charge in [-0.05, 0) is 54.6 Å². The largest absolute Gasteiger partial charge is 0.497 e. The first kappa shape index (κ1) is 23.1. The Labute approximate surface area is 196 Å². The van der Waals surface area contributed by atoms with E-state index in [0.29, 0.717) is 22.7 Å². The number of fused-ring (bicyclic) bond motifs is 1. The SMILES string of the molecule is COc1ccc(NC(=O)Cn2cc(S(=O)(=O)c3ccccc3)c(=O)c3cc(OC)ccc32)cc1. The molecule has 1 N–H and O–H groups in total. The Balaban J connectivity index is 1.79. The lowest BCUT2D eigenvalue weighted by Gasteiger charge is -2.15. The Morgan fingerprint density at radius 1 is 0.912 bits per heavy atom. The highest BCUT2D eigenvalue weighted by Gasteiger charge is 2.24. The standard InChI is InChI=1S/C25H22N2O6S/c1-32-18-10-8-17(9-11-18)26-24(28)16-27-15-23(34(30,31)20-6-4-3-5-7-20)25(29)21-14-19(33-2)12-13-22(21)27/h3-15H,16H2,1-2H3,(H,26,28). The number of benzene rings is 3. The molecule has 1 heterocycles. The van der Waals surface area contributed by atoms with Crippen molar-refractivity contribution in [2.45, 2.75) is 16.3 Å². The van der Waals surface area contributed by atoms with Crippen molar-refractivity contribution in [2.75, 3.05) is 19.5 Å². The van der Waals surface area contributed by atoms with E-state index in [1.54, 1.807) is 61.7 Å². The van der Waals surface area contributed by atoms with Gasteiger partial charge in [0.1, 0.15) is 22.9 Å². The molecule has 0 aliphatic carbocycles. The maximum Gasteiger partial charge on any atom is 0.244 e. The number of carbonyl (C=O) groups excluding carboxylic acids is 1. The summed E-state index contributed by atoms with van der Waals surface area (Å²) in [6.45, 7) is -0.216. The maximum atomic E-state index is 13.3. The summed E-state index contributed by atoms with van der Waals surface area (Å²) in [5.74, 6) is 0.649. The van der Waals surface area contributed by atoms with Crippen LogP contribution in [-0.4, -0.2) is 33.1 Å². The average molecular weight is 479 g/mol. The fourth-order valence-corrected chi connectivity index (χ4v) is 4.94. The number of hydrogen-bond donors (Lipinski definition) is 1. The summed E-state index contributed by atoms with van der Waals surface area (Å²) < 4.78 is 38.4. The van der Waals surface area contributed by atoms with Crippen molar-refractivity contribution >= 4 is 32.3 Å². The van der Waals surface area contributed by atoms with E-state index in [9.17, 15) is 18.0 Å². The molecule has 0 radical (unpaired) electrons. The first-order chi connectivity index (χ1) is 16.3. The Morgan fingerprint density at radius 2 is 1.56 bits per heavy atom. The highest BCUT2D eigenvalue weighted by molar-refractivity contribution is 7.91. The van der Waals surface area contributed by atoms with Crippen LogP contribution in [-0.2, 0) is 21.2 Å². The van der Waals surface area contributed by atoms with Crippen molar-refractivity contribution in [3.63, 3.8) is 0 Å². The molecular weight excluding hydrogens is 456 g/mol. The molecule has 0 aliphatic rings. The molecule has 34 heavy (non-hydrogen) atoms. The van der Waals surface area contributed by atoms with E-state index < -0.39 is 26.1 Å². The number of amides is 1. The summed E-state index contributed by atoms with van der Waals surface area (Å²) in [5.41, 5.74) is 0.294. The predicted molar refractivity (Wildman–Crippen MR) is 128 cm³/mol. The van der Waals surface area contributed by atoms with Gasteiger partial charge in [-0.2, -0.15) is 0 Å². The minimum Gasteiger partial charge on any atom is -0.497 e. The Bertz CT molecular complexity index is 1510. The fraction of sp³-hybridized carbons (Fsp3) is 0.120. The van der Waals surface area contributed by atoms with Gasteiger partial charge in [-0.15, -0.1) is 0 Å². The minimum atomic E-state index is -4.13. The molecule has 1 amide bonds. The van der Waals surface area contributed by atoms with Gasteiger partial charge in [-0.25, -0.2) is 8.42 Å². The van der Waals surface area contributed by atoms with Gasteiger partial charge in [0.15, 0.2) is 0 Å². The smallest absolute Gasteiger partial charge is 0.244 e. The molecule has 3 aromatic carbocycles. The number of rotatable bonds is 7. The second kappa shape index (κ2) is 9.40. The first-order valence-corrected chi connectivity index (χ1v) is 11.8. The zero-order chi connectivity index (χ0) is 24.3. The number of anilines is 1. The van der Waals surface area contributed by atoms with Crippen molar-refractivity contribution in [1.29, 1.82) is 0 Å². The van der Waals surface area contributed by atoms with Crippen molar-refractivity contribution in [1.82, 2.24) is 4.57 Å². The van der Waals surface area contributed by atoms with Gasteiger partial charge in [0.05, 0.1) is 30.0 Å². The zero-order valence-corrected chi connectivity index (χ0v) is 19.3. The predicted octanol–water partition coefficient (Wildman–Crippen LogP) is 3.49. The lowest BCUT2D eigenvalue weighted by Crippen LogP contribution is -2.24. The number of pyridine rings is 1. The average Bonchev–Trinajstić information content (AvgIpc) is 2.86. The summed E-state index contributed by atoms with van der Waals surface area (Å²) in [6, 6.07) is 19.2. The van der Waals surface area contributed by atoms with Gasteiger partial charge in [0, 0.05) is 11.9 Å². The van der Waals surface area contributed by atoms with E-state index in [1.165, 1.54) is 36.1 Å². The van der Waals surface area contributed by atoms with Gasteiger partial charge in [-0.1, -0.05) is 18.2 Å². The molecule has 0 bridgehead atoms. The molecule has 0 fully saturated rings. The molecule has 0 spiro atoms. The zero-order valence-electron chi connectivity index (χ0n) is 18.5. The number of aromatic nitrogens is 1. The van der Waals surface area contributed by atoms with Gasteiger partial charge in [-0.3, -0.25) is 9.59 Å². The molecule has 8 nitrogen and oxygen atoms in total. The molecule has 0 unspecified atom stereocenters. The van der Waals surface area contributed by atoms with Crippen molar-refractivity contribution in [3.8, 4) is 11.5 Å². The van der Waals surface area contributed by atoms with Gasteiger partial charge < -0.3 is 19.4 Å². The van der Waals surface area contributed by atoms with Crippen molar-refractivity contribution in [2.24, 2.45) is 0 Å². The second-order valence-electron chi connectivity index (χ2n) is 7.43. The Morgan fingerprint density at radius 3 is 2.21 bits per heavy atom. The fourth-order valence-electron chi connectivity index (χ4n) is 3.56. The third kappa shape index (κ3) is 4.51. The normalized spacial score (nSPS) is 11.2. The molecule has 0 aliphatic heterocycles. The lowest BCUT2D eigenvalue weighted by atomic mass is 10.2. The Hall–Kier alpha value is -4.11. The highest BCUT2D eigenvalue weighted by atomic mass is 32.2. The van der Waals surface area contributed by atoms with Gasteiger partial charge >= 0.3 is 0 Å². The number of hydrogen-bond acceptors (Lipinski definition) is 6. The molecule has 0 saturated heterocycles. The summed E-state index contributed by atoms with van der Waals surface area (Å²) in [4.78, 5) is 25.6. The molecule has 174 valence electrons. The van der Waals surface area contributed by atoms with Crippen LogP contribution in [0.1, 0.15) is 0 Å². The highest BCUT2D eigenvalue weighted by Crippen LogP contribution is 2.24. The Kier molecular flexibility index (Phi) is 6.38. The van der Waals surface area contributed by atoms with Crippen LogP contribution >= 0.6 is 0 Å². The minimum absolute atomic E-state index is 0.0106. The number of nitrogens with zero attached hydrogens (tertiary/aromatic N) is 1. The number of sulfone groups is 1. The van der Waals surface area contributed by atoms with Crippen molar-refractivity contribution in [3.05, 3.63) is 89.2 Å². The third-order valence-corrected chi connectivity index (χ3v) is 7.05. The van der Waals surface area contributed by atoms with E-state index in [2.05, 4.69) is 5.32 Å². The van der Waals surface area contributed by atoms with Gasteiger partial charge in [0.2, 0.25) is 21.2 Å².